The summed E-state index contributed by atoms with van der Waals surface area (Å²) < 4.78 is 9.40. The number of hydrogen-bond acceptors (Lipinski definition) is 4. The number of thiophene rings is 1. The van der Waals surface area contributed by atoms with Gasteiger partial charge < -0.3 is 9.30 Å². The average Bonchev–Trinajstić information content (AvgIpc) is 3.15. The van der Waals surface area contributed by atoms with Crippen molar-refractivity contribution >= 4 is 60.5 Å². The van der Waals surface area contributed by atoms with E-state index >= 15 is 0 Å². The minimum atomic E-state index is -0.324. The molecule has 0 spiro atoms. The molecule has 4 nitrogen and oxygen atoms in total. The monoisotopic (exact) mass is 402 g/mol. The van der Waals surface area contributed by atoms with Crippen molar-refractivity contribution in [3.05, 3.63) is 56.7 Å². The number of carbonyl (C=O) groups is 1. The summed E-state index contributed by atoms with van der Waals surface area (Å²) in [4.78, 5) is 18.2. The van der Waals surface area contributed by atoms with E-state index < -0.39 is 0 Å². The number of rotatable bonds is 2. The summed E-state index contributed by atoms with van der Waals surface area (Å²) in [5.74, 6) is 0.438. The second kappa shape index (κ2) is 6.54. The van der Waals surface area contributed by atoms with Crippen LogP contribution in [-0.4, -0.2) is 17.6 Å². The number of nitrogens with zero attached hydrogens (tertiary/aromatic N) is 2. The van der Waals surface area contributed by atoms with Gasteiger partial charge in [-0.3, -0.25) is 4.79 Å². The summed E-state index contributed by atoms with van der Waals surface area (Å²) >= 11 is 9.26. The summed E-state index contributed by atoms with van der Waals surface area (Å²) in [6, 6.07) is 11.6. The Balaban J connectivity index is 1.90. The molecule has 0 radical (unpaired) electrons. The SMILES string of the molecule is COc1ccc(C)c2sc(=NC(=O)c3sc4ccccc4c3Cl)n(C)c12. The number of carbonyl (C=O) groups excluding carboxylic acids is 1. The zero-order valence-electron chi connectivity index (χ0n) is 14.4. The zero-order chi connectivity index (χ0) is 18.4. The molecule has 26 heavy (non-hydrogen) atoms. The number of ether oxygens (including phenoxy) is 1. The molecule has 1 amide bonds. The van der Waals surface area contributed by atoms with E-state index in [0.717, 1.165) is 31.6 Å². The molecule has 0 N–H and O–H groups in total. The van der Waals surface area contributed by atoms with Crippen molar-refractivity contribution < 1.29 is 9.53 Å². The lowest BCUT2D eigenvalue weighted by Crippen LogP contribution is -2.13. The van der Waals surface area contributed by atoms with Crippen LogP contribution in [-0.2, 0) is 7.05 Å². The van der Waals surface area contributed by atoms with E-state index in [9.17, 15) is 4.79 Å². The lowest BCUT2D eigenvalue weighted by molar-refractivity contribution is 0.100. The number of aryl methyl sites for hydroxylation is 2. The molecule has 2 aromatic carbocycles. The Morgan fingerprint density at radius 2 is 1.96 bits per heavy atom. The first-order valence-electron chi connectivity index (χ1n) is 7.90. The van der Waals surface area contributed by atoms with Crippen molar-refractivity contribution in [2.45, 2.75) is 6.92 Å². The molecule has 0 saturated heterocycles. The van der Waals surface area contributed by atoms with E-state index in [1.807, 2.05) is 54.9 Å². The Labute approximate surface area is 162 Å². The maximum Gasteiger partial charge on any atom is 0.291 e. The summed E-state index contributed by atoms with van der Waals surface area (Å²) in [6.45, 7) is 2.03. The molecule has 0 saturated carbocycles. The van der Waals surface area contributed by atoms with Crippen molar-refractivity contribution in [2.24, 2.45) is 12.0 Å². The first-order valence-corrected chi connectivity index (χ1v) is 9.91. The number of hydrogen-bond donors (Lipinski definition) is 0. The van der Waals surface area contributed by atoms with Gasteiger partial charge in [0.05, 0.1) is 16.8 Å². The molecule has 132 valence electrons. The average molecular weight is 403 g/mol. The molecule has 0 aliphatic heterocycles. The highest BCUT2D eigenvalue weighted by Crippen LogP contribution is 2.35. The normalized spacial score (nSPS) is 12.2. The molecule has 2 aromatic heterocycles. The third kappa shape index (κ3) is 2.65. The maximum atomic E-state index is 12.8. The molecule has 2 heterocycles. The topological polar surface area (TPSA) is 43.6 Å². The van der Waals surface area contributed by atoms with Crippen LogP contribution in [0.15, 0.2) is 41.4 Å². The number of thiazole rings is 1. The smallest absolute Gasteiger partial charge is 0.291 e. The highest BCUT2D eigenvalue weighted by molar-refractivity contribution is 7.21. The first-order chi connectivity index (χ1) is 12.5. The van der Waals surface area contributed by atoms with Crippen molar-refractivity contribution in [3.63, 3.8) is 0 Å². The van der Waals surface area contributed by atoms with Crippen LogP contribution < -0.4 is 9.54 Å². The molecule has 4 rings (SSSR count). The Kier molecular flexibility index (Phi) is 4.34. The van der Waals surface area contributed by atoms with Gasteiger partial charge in [0.15, 0.2) is 4.80 Å². The number of methoxy groups -OCH3 is 1. The molecule has 0 aliphatic carbocycles. The molecular formula is C19H15ClN2O2S2. The first kappa shape index (κ1) is 17.3. The fraction of sp³-hybridized carbons (Fsp3) is 0.158. The van der Waals surface area contributed by atoms with Gasteiger partial charge in [0.1, 0.15) is 16.1 Å². The van der Waals surface area contributed by atoms with Crippen LogP contribution in [0.5, 0.6) is 5.75 Å². The molecular weight excluding hydrogens is 388 g/mol. The number of benzene rings is 2. The fourth-order valence-electron chi connectivity index (χ4n) is 2.91. The number of aromatic nitrogens is 1. The van der Waals surface area contributed by atoms with Crippen LogP contribution in [0.3, 0.4) is 0 Å². The second-order valence-electron chi connectivity index (χ2n) is 5.86. The molecule has 7 heteroatoms. The lowest BCUT2D eigenvalue weighted by atomic mass is 10.2. The van der Waals surface area contributed by atoms with Gasteiger partial charge in [0, 0.05) is 17.1 Å². The zero-order valence-corrected chi connectivity index (χ0v) is 16.8. The maximum absolute atomic E-state index is 12.8. The van der Waals surface area contributed by atoms with Crippen LogP contribution in [0.2, 0.25) is 5.02 Å². The van der Waals surface area contributed by atoms with Crippen LogP contribution in [0.4, 0.5) is 0 Å². The minimum absolute atomic E-state index is 0.324. The van der Waals surface area contributed by atoms with Gasteiger partial charge in [-0.1, -0.05) is 47.2 Å². The highest BCUT2D eigenvalue weighted by atomic mass is 35.5. The van der Waals surface area contributed by atoms with Crippen molar-refractivity contribution in [3.8, 4) is 5.75 Å². The largest absolute Gasteiger partial charge is 0.495 e. The summed E-state index contributed by atoms with van der Waals surface area (Å²) in [5.41, 5.74) is 2.06. The summed E-state index contributed by atoms with van der Waals surface area (Å²) in [7, 11) is 3.53. The van der Waals surface area contributed by atoms with E-state index in [1.165, 1.54) is 22.7 Å². The number of amides is 1. The lowest BCUT2D eigenvalue weighted by Gasteiger charge is -2.05. The third-order valence-electron chi connectivity index (χ3n) is 4.25. The Bertz CT molecular complexity index is 1230. The Hall–Kier alpha value is -2.15. The summed E-state index contributed by atoms with van der Waals surface area (Å²) in [6.07, 6.45) is 0. The van der Waals surface area contributed by atoms with Gasteiger partial charge in [0.2, 0.25) is 0 Å². The summed E-state index contributed by atoms with van der Waals surface area (Å²) in [5, 5.41) is 1.35. The van der Waals surface area contributed by atoms with Gasteiger partial charge in [-0.25, -0.2) is 0 Å². The minimum Gasteiger partial charge on any atom is -0.495 e. The van der Waals surface area contributed by atoms with E-state index in [1.54, 1.807) is 7.11 Å². The predicted octanol–water partition coefficient (Wildman–Crippen LogP) is 5.17. The van der Waals surface area contributed by atoms with Crippen LogP contribution in [0, 0.1) is 6.92 Å². The second-order valence-corrected chi connectivity index (χ2v) is 8.27. The van der Waals surface area contributed by atoms with Crippen LogP contribution in [0.25, 0.3) is 20.3 Å². The molecule has 0 unspecified atom stereocenters. The van der Waals surface area contributed by atoms with Crippen molar-refractivity contribution in [2.75, 3.05) is 7.11 Å². The standard InChI is InChI=1S/C19H15ClN2O2S2/c1-10-8-9-12(24-3)15-16(10)26-19(22(15)2)21-18(23)17-14(20)11-6-4-5-7-13(11)25-17/h4-9H,1-3H3. The van der Waals surface area contributed by atoms with Crippen LogP contribution >= 0.6 is 34.3 Å². The predicted molar refractivity (Wildman–Crippen MR) is 109 cm³/mol. The third-order valence-corrected chi connectivity index (χ3v) is 7.18. The highest BCUT2D eigenvalue weighted by Gasteiger charge is 2.18. The number of fused-ring (bicyclic) bond motifs is 2. The molecule has 4 aromatic rings. The molecule has 0 atom stereocenters. The quantitative estimate of drug-likeness (QED) is 0.464. The number of halogens is 1. The van der Waals surface area contributed by atoms with Crippen molar-refractivity contribution in [1.29, 1.82) is 0 Å². The van der Waals surface area contributed by atoms with E-state index in [-0.39, 0.29) is 5.91 Å². The van der Waals surface area contributed by atoms with E-state index in [0.29, 0.717) is 14.7 Å². The van der Waals surface area contributed by atoms with Gasteiger partial charge in [-0.15, -0.1) is 11.3 Å². The van der Waals surface area contributed by atoms with Crippen LogP contribution in [0.1, 0.15) is 15.2 Å². The van der Waals surface area contributed by atoms with Gasteiger partial charge >= 0.3 is 0 Å². The van der Waals surface area contributed by atoms with Gasteiger partial charge in [-0.05, 0) is 24.6 Å². The van der Waals surface area contributed by atoms with E-state index in [2.05, 4.69) is 4.99 Å². The molecule has 0 bridgehead atoms. The van der Waals surface area contributed by atoms with Gasteiger partial charge in [-0.2, -0.15) is 4.99 Å². The molecule has 0 fully saturated rings. The van der Waals surface area contributed by atoms with E-state index in [4.69, 9.17) is 16.3 Å². The Morgan fingerprint density at radius 3 is 2.69 bits per heavy atom. The van der Waals surface area contributed by atoms with Crippen molar-refractivity contribution in [1.82, 2.24) is 4.57 Å². The Morgan fingerprint density at radius 1 is 1.19 bits per heavy atom. The fourth-order valence-corrected chi connectivity index (χ4v) is 5.41. The molecule has 0 aliphatic rings. The van der Waals surface area contributed by atoms with Gasteiger partial charge in [0.25, 0.3) is 5.91 Å².